The highest BCUT2D eigenvalue weighted by Crippen LogP contribution is 2.28. The SMILES string of the molecule is CCOC(=O)C(CO)(Cc1c[nH]c2ccc(OC)cc12)[N+](=O)[O-]. The van der Waals surface area contributed by atoms with Crippen molar-refractivity contribution in [2.75, 3.05) is 20.3 Å². The normalized spacial score (nSPS) is 13.5. The zero-order valence-electron chi connectivity index (χ0n) is 12.9. The number of aliphatic hydroxyl groups is 1. The predicted molar refractivity (Wildman–Crippen MR) is 82.0 cm³/mol. The van der Waals surface area contributed by atoms with Gasteiger partial charge in [-0.3, -0.25) is 10.1 Å². The molecule has 0 bridgehead atoms. The highest BCUT2D eigenvalue weighted by molar-refractivity contribution is 5.86. The molecule has 1 aromatic heterocycles. The van der Waals surface area contributed by atoms with Gasteiger partial charge in [0.2, 0.25) is 0 Å². The molecule has 8 nitrogen and oxygen atoms in total. The molecule has 1 unspecified atom stereocenters. The van der Waals surface area contributed by atoms with Crippen molar-refractivity contribution in [3.05, 3.63) is 40.1 Å². The third-order valence-electron chi connectivity index (χ3n) is 3.72. The number of aromatic nitrogens is 1. The van der Waals surface area contributed by atoms with E-state index in [-0.39, 0.29) is 13.0 Å². The Morgan fingerprint density at radius 1 is 1.48 bits per heavy atom. The molecule has 0 amide bonds. The van der Waals surface area contributed by atoms with Gasteiger partial charge in [-0.2, -0.15) is 0 Å². The van der Waals surface area contributed by atoms with Gasteiger partial charge in [-0.25, -0.2) is 4.79 Å². The Hall–Kier alpha value is -2.61. The number of aromatic amines is 1. The van der Waals surface area contributed by atoms with E-state index in [2.05, 4.69) is 4.98 Å². The highest BCUT2D eigenvalue weighted by Gasteiger charge is 2.52. The Balaban J connectivity index is 2.47. The quantitative estimate of drug-likeness (QED) is 0.451. The fourth-order valence-electron chi connectivity index (χ4n) is 2.40. The number of methoxy groups -OCH3 is 1. The summed E-state index contributed by atoms with van der Waals surface area (Å²) in [6.07, 6.45) is 1.29. The van der Waals surface area contributed by atoms with Crippen LogP contribution in [0.3, 0.4) is 0 Å². The molecule has 124 valence electrons. The van der Waals surface area contributed by atoms with Crippen LogP contribution in [0.1, 0.15) is 12.5 Å². The smallest absolute Gasteiger partial charge is 0.387 e. The van der Waals surface area contributed by atoms with Crippen molar-refractivity contribution in [1.82, 2.24) is 4.98 Å². The van der Waals surface area contributed by atoms with E-state index < -0.39 is 23.0 Å². The van der Waals surface area contributed by atoms with Gasteiger partial charge in [0.15, 0.2) is 0 Å². The summed E-state index contributed by atoms with van der Waals surface area (Å²) in [5.41, 5.74) is -0.952. The summed E-state index contributed by atoms with van der Waals surface area (Å²) in [7, 11) is 1.52. The Labute approximate surface area is 132 Å². The van der Waals surface area contributed by atoms with Crippen LogP contribution in [0.4, 0.5) is 0 Å². The molecule has 0 radical (unpaired) electrons. The fraction of sp³-hybridized carbons (Fsp3) is 0.400. The number of H-pyrrole nitrogens is 1. The van der Waals surface area contributed by atoms with E-state index in [9.17, 15) is 20.0 Å². The van der Waals surface area contributed by atoms with E-state index in [1.165, 1.54) is 7.11 Å². The molecule has 0 spiro atoms. The Morgan fingerprint density at radius 3 is 2.78 bits per heavy atom. The lowest BCUT2D eigenvalue weighted by atomic mass is 9.92. The van der Waals surface area contributed by atoms with Crippen LogP contribution in [0.2, 0.25) is 0 Å². The van der Waals surface area contributed by atoms with Crippen molar-refractivity contribution in [2.24, 2.45) is 0 Å². The first-order valence-corrected chi connectivity index (χ1v) is 7.05. The second-order valence-electron chi connectivity index (χ2n) is 5.07. The number of esters is 1. The second kappa shape index (κ2) is 6.66. The minimum absolute atomic E-state index is 0.00384. The van der Waals surface area contributed by atoms with Crippen LogP contribution in [0.15, 0.2) is 24.4 Å². The van der Waals surface area contributed by atoms with Crippen LogP contribution in [-0.4, -0.2) is 46.8 Å². The third-order valence-corrected chi connectivity index (χ3v) is 3.72. The van der Waals surface area contributed by atoms with E-state index in [4.69, 9.17) is 9.47 Å². The molecule has 1 atom stereocenters. The number of nitro groups is 1. The maximum absolute atomic E-state index is 12.1. The summed E-state index contributed by atoms with van der Waals surface area (Å²) >= 11 is 0. The van der Waals surface area contributed by atoms with Gasteiger partial charge in [0.1, 0.15) is 12.4 Å². The van der Waals surface area contributed by atoms with Gasteiger partial charge in [0, 0.05) is 22.0 Å². The summed E-state index contributed by atoms with van der Waals surface area (Å²) in [5.74, 6) is -0.463. The van der Waals surface area contributed by atoms with Gasteiger partial charge in [0.05, 0.1) is 20.1 Å². The van der Waals surface area contributed by atoms with Crippen LogP contribution in [0, 0.1) is 10.1 Å². The predicted octanol–water partition coefficient (Wildman–Crippen LogP) is 1.29. The zero-order chi connectivity index (χ0) is 17.0. The van der Waals surface area contributed by atoms with Gasteiger partial charge in [-0.15, -0.1) is 0 Å². The molecule has 23 heavy (non-hydrogen) atoms. The summed E-state index contributed by atoms with van der Waals surface area (Å²) in [6.45, 7) is 0.599. The second-order valence-corrected chi connectivity index (χ2v) is 5.07. The first kappa shape index (κ1) is 16.8. The molecule has 0 saturated heterocycles. The van der Waals surface area contributed by atoms with Crippen molar-refractivity contribution >= 4 is 16.9 Å². The number of nitrogens with one attached hydrogen (secondary N) is 1. The molecule has 0 aliphatic rings. The standard InChI is InChI=1S/C15H18N2O6/c1-3-23-14(19)15(9-18,17(20)21)7-10-8-16-13-5-4-11(22-2)6-12(10)13/h4-6,8,16,18H,3,7,9H2,1-2H3. The first-order valence-electron chi connectivity index (χ1n) is 7.05. The minimum atomic E-state index is -2.23. The van der Waals surface area contributed by atoms with E-state index in [0.29, 0.717) is 16.7 Å². The largest absolute Gasteiger partial charge is 0.497 e. The van der Waals surface area contributed by atoms with Crippen LogP contribution < -0.4 is 4.74 Å². The molecule has 0 aliphatic heterocycles. The monoisotopic (exact) mass is 322 g/mol. The first-order chi connectivity index (χ1) is 11.0. The van der Waals surface area contributed by atoms with E-state index in [1.54, 1.807) is 31.3 Å². The third kappa shape index (κ3) is 2.98. The Morgan fingerprint density at radius 2 is 2.22 bits per heavy atom. The molecule has 2 N–H and O–H groups in total. The number of ether oxygens (including phenoxy) is 2. The van der Waals surface area contributed by atoms with Crippen molar-refractivity contribution in [1.29, 1.82) is 0 Å². The average molecular weight is 322 g/mol. The van der Waals surface area contributed by atoms with Crippen molar-refractivity contribution < 1.29 is 24.3 Å². The molecular formula is C15H18N2O6. The summed E-state index contributed by atoms with van der Waals surface area (Å²) in [4.78, 5) is 25.7. The average Bonchev–Trinajstić information content (AvgIpc) is 2.94. The molecule has 0 aliphatic carbocycles. The van der Waals surface area contributed by atoms with Crippen molar-refractivity contribution in [2.45, 2.75) is 18.9 Å². The van der Waals surface area contributed by atoms with Gasteiger partial charge in [-0.1, -0.05) is 0 Å². The summed E-state index contributed by atoms with van der Waals surface area (Å²) in [5, 5.41) is 21.7. The van der Waals surface area contributed by atoms with Crippen LogP contribution in [-0.2, 0) is 16.0 Å². The Kier molecular flexibility index (Phi) is 4.85. The zero-order valence-corrected chi connectivity index (χ0v) is 12.9. The number of aliphatic hydroxyl groups excluding tert-OH is 1. The minimum Gasteiger partial charge on any atom is -0.497 e. The lowest BCUT2D eigenvalue weighted by Gasteiger charge is -2.20. The number of rotatable bonds is 7. The van der Waals surface area contributed by atoms with E-state index in [0.717, 1.165) is 5.52 Å². The molecule has 0 saturated carbocycles. The number of carbonyl (C=O) groups excluding carboxylic acids is 1. The lowest BCUT2D eigenvalue weighted by molar-refractivity contribution is -0.558. The molecule has 8 heteroatoms. The number of fused-ring (bicyclic) bond motifs is 1. The van der Waals surface area contributed by atoms with E-state index >= 15 is 0 Å². The van der Waals surface area contributed by atoms with Gasteiger partial charge >= 0.3 is 11.5 Å². The summed E-state index contributed by atoms with van der Waals surface area (Å²) in [6, 6.07) is 5.24. The number of carbonyl (C=O) groups is 1. The Bertz CT molecular complexity index is 726. The van der Waals surface area contributed by atoms with Gasteiger partial charge in [-0.05, 0) is 30.7 Å². The molecule has 2 rings (SSSR count). The molecule has 2 aromatic rings. The highest BCUT2D eigenvalue weighted by atomic mass is 16.6. The molecule has 1 heterocycles. The van der Waals surface area contributed by atoms with E-state index in [1.807, 2.05) is 0 Å². The number of benzene rings is 1. The topological polar surface area (TPSA) is 115 Å². The maximum atomic E-state index is 12.1. The molecule has 1 aromatic carbocycles. The lowest BCUT2D eigenvalue weighted by Crippen LogP contribution is -2.52. The number of hydrogen-bond donors (Lipinski definition) is 2. The van der Waals surface area contributed by atoms with Crippen LogP contribution >= 0.6 is 0 Å². The van der Waals surface area contributed by atoms with Crippen molar-refractivity contribution in [3.8, 4) is 5.75 Å². The van der Waals surface area contributed by atoms with Gasteiger partial charge < -0.3 is 19.6 Å². The van der Waals surface area contributed by atoms with Crippen molar-refractivity contribution in [3.63, 3.8) is 0 Å². The maximum Gasteiger partial charge on any atom is 0.387 e. The van der Waals surface area contributed by atoms with Crippen LogP contribution in [0.25, 0.3) is 10.9 Å². The molecular weight excluding hydrogens is 304 g/mol. The summed E-state index contributed by atoms with van der Waals surface area (Å²) < 4.78 is 9.94. The number of hydrogen-bond acceptors (Lipinski definition) is 6. The number of nitrogens with zero attached hydrogens (tertiary/aromatic N) is 1. The molecule has 0 fully saturated rings. The van der Waals surface area contributed by atoms with Crippen LogP contribution in [0.5, 0.6) is 5.75 Å². The van der Waals surface area contributed by atoms with Gasteiger partial charge in [0.25, 0.3) is 0 Å². The fourth-order valence-corrected chi connectivity index (χ4v) is 2.40.